The van der Waals surface area contributed by atoms with Gasteiger partial charge in [0.15, 0.2) is 23.0 Å². The van der Waals surface area contributed by atoms with E-state index in [-0.39, 0.29) is 148 Å². The predicted molar refractivity (Wildman–Crippen MR) is 320 cm³/mol. The van der Waals surface area contributed by atoms with Crippen LogP contribution in [-0.4, -0.2) is 214 Å². The van der Waals surface area contributed by atoms with Crippen LogP contribution in [0, 0.1) is 20.2 Å². The van der Waals surface area contributed by atoms with E-state index in [0.29, 0.717) is 115 Å². The highest BCUT2D eigenvalue weighted by Gasteiger charge is 2.42. The number of nitro benzene ring substituents is 2. The van der Waals surface area contributed by atoms with Crippen LogP contribution in [0.5, 0.6) is 23.0 Å². The van der Waals surface area contributed by atoms with E-state index in [0.717, 1.165) is 25.0 Å². The van der Waals surface area contributed by atoms with E-state index in [2.05, 4.69) is 31.9 Å². The molecule has 32 heteroatoms. The fourth-order valence-corrected chi connectivity index (χ4v) is 10.3. The number of hydrogen-bond acceptors (Lipinski definition) is 23. The number of carbonyl (C=O) groups is 6. The number of ether oxygens (including phenoxy) is 11. The van der Waals surface area contributed by atoms with Gasteiger partial charge in [-0.1, -0.05) is 6.42 Å². The van der Waals surface area contributed by atoms with Crippen LogP contribution in [0.3, 0.4) is 0 Å². The van der Waals surface area contributed by atoms with E-state index in [4.69, 9.17) is 67.7 Å². The Labute approximate surface area is 516 Å². The molecule has 2 heterocycles. The van der Waals surface area contributed by atoms with Gasteiger partial charge in [0.2, 0.25) is 23.6 Å². The largest absolute Gasteiger partial charge is 0.493 e. The minimum absolute atomic E-state index is 0.000381. The second kappa shape index (κ2) is 45.4. The van der Waals surface area contributed by atoms with Gasteiger partial charge in [-0.2, -0.15) is 11.8 Å². The molecule has 31 nitrogen and oxygen atoms in total. The summed E-state index contributed by atoms with van der Waals surface area (Å²) < 4.78 is 60.7. The first-order valence-corrected chi connectivity index (χ1v) is 30.2. The fourth-order valence-electron chi connectivity index (χ4n) is 8.72. The highest BCUT2D eigenvalue weighted by molar-refractivity contribution is 8.00. The van der Waals surface area contributed by atoms with Crippen LogP contribution in [0.2, 0.25) is 0 Å². The van der Waals surface area contributed by atoms with E-state index in [1.807, 2.05) is 11.8 Å². The number of nitrogens with one attached hydrogen (secondary N) is 6. The van der Waals surface area contributed by atoms with Crippen molar-refractivity contribution in [2.24, 2.45) is 5.73 Å². The number of fused-ring (bicyclic) bond motifs is 1. The summed E-state index contributed by atoms with van der Waals surface area (Å²) in [7, 11) is 2.81. The van der Waals surface area contributed by atoms with Gasteiger partial charge in [0.1, 0.15) is 0 Å². The van der Waals surface area contributed by atoms with Gasteiger partial charge >= 0.3 is 6.03 Å². The summed E-state index contributed by atoms with van der Waals surface area (Å²) >= 11 is 1.87. The summed E-state index contributed by atoms with van der Waals surface area (Å²) in [6.07, 6.45) is 4.17. The zero-order valence-corrected chi connectivity index (χ0v) is 51.5. The molecule has 2 aliphatic heterocycles. The first-order chi connectivity index (χ1) is 42.5. The lowest BCUT2D eigenvalue weighted by atomic mass is 10.0. The first-order valence-electron chi connectivity index (χ1n) is 29.2. The third-order valence-corrected chi connectivity index (χ3v) is 14.6. The molecule has 2 aromatic carbocycles. The van der Waals surface area contributed by atoms with Gasteiger partial charge in [-0.15, -0.1) is 0 Å². The lowest BCUT2D eigenvalue weighted by Crippen LogP contribution is -2.36. The maximum absolute atomic E-state index is 12.7. The molecule has 2 fully saturated rings. The first kappa shape index (κ1) is 75.3. The molecular weight excluding hydrogens is 1180 g/mol. The second-order valence-electron chi connectivity index (χ2n) is 19.7. The van der Waals surface area contributed by atoms with Crippen LogP contribution in [0.25, 0.3) is 0 Å². The number of rotatable bonds is 49. The quantitative estimate of drug-likeness (QED) is 0.0155. The van der Waals surface area contributed by atoms with Crippen molar-refractivity contribution in [3.05, 3.63) is 55.6 Å². The lowest BCUT2D eigenvalue weighted by Gasteiger charge is -2.18. The van der Waals surface area contributed by atoms with Gasteiger partial charge < -0.3 is 94.8 Å². The Morgan fingerprint density at radius 2 is 1.01 bits per heavy atom. The van der Waals surface area contributed by atoms with Gasteiger partial charge in [0, 0.05) is 62.4 Å². The highest BCUT2D eigenvalue weighted by Crippen LogP contribution is 2.39. The van der Waals surface area contributed by atoms with Crippen LogP contribution in [0.15, 0.2) is 24.3 Å². The van der Waals surface area contributed by atoms with Crippen LogP contribution < -0.4 is 56.6 Å². The summed E-state index contributed by atoms with van der Waals surface area (Å²) in [6.45, 7) is 8.44. The molecule has 0 aliphatic carbocycles. The molecular formula is C56H89N9O22S. The minimum atomic E-state index is -0.758. The number of carbonyl (C=O) groups excluding carboxylic acids is 5. The average molecular weight is 1270 g/mol. The van der Waals surface area contributed by atoms with E-state index in [1.54, 1.807) is 13.8 Å². The molecule has 0 bridgehead atoms. The molecule has 5 atom stereocenters. The monoisotopic (exact) mass is 1270 g/mol. The van der Waals surface area contributed by atoms with Gasteiger partial charge in [0.25, 0.3) is 17.8 Å². The Bertz CT molecular complexity index is 2430. The molecule has 2 saturated heterocycles. The summed E-state index contributed by atoms with van der Waals surface area (Å²) in [5.41, 5.74) is 5.95. The number of methoxy groups -OCH3 is 2. The van der Waals surface area contributed by atoms with Crippen molar-refractivity contribution in [3.63, 3.8) is 0 Å². The molecule has 2 unspecified atom stereocenters. The fraction of sp³-hybridized carbons (Fsp3) is 0.679. The number of hydrogen-bond donors (Lipinski definition) is 8. The highest BCUT2D eigenvalue weighted by atomic mass is 32.2. The molecule has 2 aromatic rings. The number of carboxylic acid groups (broad SMARTS) is 1. The van der Waals surface area contributed by atoms with E-state index >= 15 is 0 Å². The summed E-state index contributed by atoms with van der Waals surface area (Å²) in [5.74, 6) is 0.962. The minimum Gasteiger partial charge on any atom is -0.493 e. The van der Waals surface area contributed by atoms with Crippen molar-refractivity contribution >= 4 is 59.3 Å². The zero-order chi connectivity index (χ0) is 64.3. The van der Waals surface area contributed by atoms with Crippen molar-refractivity contribution in [2.45, 2.75) is 101 Å². The number of unbranched alkanes of at least 4 members (excludes halogenated alkanes) is 1. The Hall–Kier alpha value is -6.91. The van der Waals surface area contributed by atoms with Crippen molar-refractivity contribution in [3.8, 4) is 23.0 Å². The smallest absolute Gasteiger partial charge is 0.315 e. The number of thioether (sulfide) groups is 1. The Morgan fingerprint density at radius 3 is 1.44 bits per heavy atom. The van der Waals surface area contributed by atoms with Gasteiger partial charge in [-0.05, 0) is 51.7 Å². The third-order valence-electron chi connectivity index (χ3n) is 13.1. The molecule has 0 radical (unpaired) electrons. The number of benzene rings is 2. The van der Waals surface area contributed by atoms with Gasteiger partial charge in [-0.25, -0.2) is 4.79 Å². The van der Waals surface area contributed by atoms with Crippen LogP contribution in [0.4, 0.5) is 16.2 Å². The van der Waals surface area contributed by atoms with Crippen molar-refractivity contribution in [1.29, 1.82) is 0 Å². The number of nitrogens with zero attached hydrogens (tertiary/aromatic N) is 2. The molecule has 0 saturated carbocycles. The molecule has 2 aliphatic rings. The van der Waals surface area contributed by atoms with Gasteiger partial charge in [0.05, 0.1) is 171 Å². The normalized spacial score (nSPS) is 15.5. The predicted octanol–water partition coefficient (Wildman–Crippen LogP) is 3.02. The van der Waals surface area contributed by atoms with Crippen LogP contribution >= 0.6 is 11.8 Å². The summed E-state index contributed by atoms with van der Waals surface area (Å²) in [5, 5.41) is 48.0. The Kier molecular flexibility index (Phi) is 38.8. The topological polar surface area (TPSA) is 409 Å². The maximum Gasteiger partial charge on any atom is 0.315 e. The number of amides is 6. The van der Waals surface area contributed by atoms with Crippen molar-refractivity contribution < 1.29 is 95.8 Å². The van der Waals surface area contributed by atoms with E-state index < -0.39 is 21.9 Å². The van der Waals surface area contributed by atoms with Crippen LogP contribution in [0.1, 0.15) is 94.8 Å². The number of nitro groups is 2. The van der Waals surface area contributed by atoms with E-state index in [1.165, 1.54) is 38.5 Å². The summed E-state index contributed by atoms with van der Waals surface area (Å²) in [4.78, 5) is 91.8. The second-order valence-corrected chi connectivity index (χ2v) is 21.0. The molecule has 88 heavy (non-hydrogen) atoms. The molecule has 4 rings (SSSR count). The van der Waals surface area contributed by atoms with Crippen molar-refractivity contribution in [1.82, 2.24) is 31.9 Å². The van der Waals surface area contributed by atoms with Crippen LogP contribution in [-0.2, 0) is 57.1 Å². The summed E-state index contributed by atoms with van der Waals surface area (Å²) in [6, 6.07) is 4.41. The van der Waals surface area contributed by atoms with Crippen molar-refractivity contribution in [2.75, 3.05) is 145 Å². The molecule has 6 amide bonds. The standard InChI is InChI=1S/C55H87N9O20S.CH2O2/c1-38(56)40-33-45(74-3)47(35-43(40)63(70)71)83-17-7-11-51(66)58-16-22-79-26-30-82-32-31-80-27-23-76-19-13-53(68)60-39(2)41-34-46(75-4)48(36-44(41)64(72)73)84-18-8-12-52(67)59-15-21-78-25-29-81-28-24-77-20-14-57-50(65)10-6-5-9-49-54-42(37-85-49)61-55(69)62-54;2-1-3/h33-36,38-39,42,49,54H,5-32,37,56H2,1-4H3,(H,57,65)(H,58,66)(H,59,67)(H,60,68)(H2,61,62,69);1H,(H,2,3)/t38?,39?,42-,49-,54-;/m0./s1. The molecule has 0 aromatic heterocycles. The zero-order valence-electron chi connectivity index (χ0n) is 50.7. The molecule has 9 N–H and O–H groups in total. The Morgan fingerprint density at radius 1 is 0.602 bits per heavy atom. The maximum atomic E-state index is 12.7. The lowest BCUT2D eigenvalue weighted by molar-refractivity contribution is -0.386. The van der Waals surface area contributed by atoms with Gasteiger partial charge in [-0.3, -0.25) is 44.2 Å². The van der Waals surface area contributed by atoms with E-state index in [9.17, 15) is 44.2 Å². The third kappa shape index (κ3) is 30.8. The number of nitrogens with two attached hydrogens (primary N) is 1. The number of urea groups is 1. The average Bonchev–Trinajstić information content (AvgIpc) is 1.46. The Balaban J connectivity index is 0.00000661. The molecule has 496 valence electrons. The molecule has 0 spiro atoms. The SMILES string of the molecule is COc1cc(C(C)NC(=O)CCOCCOCCOCCOCCNC(=O)CCCOc2cc([N+](=O)[O-])c(C(C)N)cc2OC)c([N+](=O)[O-])cc1OCCCC(=O)NCCOCCOCCOCCNC(=O)CCCC[C@@H]1SC[C@@H]2NC(=O)N[C@@H]21.O=CO.